The maximum Gasteiger partial charge on any atom is 0.247 e. The van der Waals surface area contributed by atoms with Gasteiger partial charge in [-0.3, -0.25) is 4.79 Å². The molecule has 0 unspecified atom stereocenters. The quantitative estimate of drug-likeness (QED) is 0.727. The lowest BCUT2D eigenvalue weighted by Gasteiger charge is -2.07. The third-order valence-corrected chi connectivity index (χ3v) is 3.32. The summed E-state index contributed by atoms with van der Waals surface area (Å²) in [6.07, 6.45) is 2.69. The number of rotatable bonds is 3. The molecule has 0 fully saturated rings. The van der Waals surface area contributed by atoms with Crippen LogP contribution in [0.5, 0.6) is 0 Å². The van der Waals surface area contributed by atoms with E-state index in [1.165, 1.54) is 12.4 Å². The lowest BCUT2D eigenvalue weighted by molar-refractivity contribution is -0.111. The van der Waals surface area contributed by atoms with Crippen LogP contribution in [0.25, 0.3) is 22.0 Å². The highest BCUT2D eigenvalue weighted by Gasteiger charge is 2.05. The fourth-order valence-electron chi connectivity index (χ4n) is 2.23. The average molecular weight is 290 g/mol. The standard InChI is InChI=1S/C17H14N4O/c1-2-16(22)21-13-5-3-4-11(8-13)12-6-7-14-15(9-12)19-10-20-17(14)18/h2-10H,1H2,(H,21,22)(H2,18,19,20). The molecule has 1 aromatic heterocycles. The Kier molecular flexibility index (Phi) is 3.53. The number of hydrogen-bond donors (Lipinski definition) is 2. The molecule has 1 amide bonds. The van der Waals surface area contributed by atoms with Crippen LogP contribution >= 0.6 is 0 Å². The van der Waals surface area contributed by atoms with E-state index in [1.54, 1.807) is 0 Å². The summed E-state index contributed by atoms with van der Waals surface area (Å²) < 4.78 is 0. The molecule has 1 heterocycles. The predicted molar refractivity (Wildman–Crippen MR) is 88.2 cm³/mol. The monoisotopic (exact) mass is 290 g/mol. The van der Waals surface area contributed by atoms with Gasteiger partial charge in [-0.25, -0.2) is 9.97 Å². The molecule has 2 aromatic carbocycles. The van der Waals surface area contributed by atoms with Crippen LogP contribution in [0.15, 0.2) is 61.4 Å². The maximum atomic E-state index is 11.4. The van der Waals surface area contributed by atoms with Crippen molar-refractivity contribution in [1.82, 2.24) is 9.97 Å². The fourth-order valence-corrected chi connectivity index (χ4v) is 2.23. The minimum atomic E-state index is -0.240. The second kappa shape index (κ2) is 5.65. The van der Waals surface area contributed by atoms with Crippen LogP contribution < -0.4 is 11.1 Å². The summed E-state index contributed by atoms with van der Waals surface area (Å²) in [7, 11) is 0. The topological polar surface area (TPSA) is 80.9 Å². The summed E-state index contributed by atoms with van der Waals surface area (Å²) in [4.78, 5) is 19.6. The molecule has 5 heteroatoms. The number of carbonyl (C=O) groups excluding carboxylic acids is 1. The molecule has 108 valence electrons. The minimum Gasteiger partial charge on any atom is -0.383 e. The van der Waals surface area contributed by atoms with Gasteiger partial charge in [-0.15, -0.1) is 0 Å². The first-order valence-electron chi connectivity index (χ1n) is 6.71. The molecule has 0 aliphatic carbocycles. The highest BCUT2D eigenvalue weighted by Crippen LogP contribution is 2.27. The van der Waals surface area contributed by atoms with Gasteiger partial charge in [0.25, 0.3) is 0 Å². The van der Waals surface area contributed by atoms with Crippen molar-refractivity contribution in [2.24, 2.45) is 0 Å². The molecular formula is C17H14N4O. The largest absolute Gasteiger partial charge is 0.383 e. The van der Waals surface area contributed by atoms with Gasteiger partial charge < -0.3 is 11.1 Å². The van der Waals surface area contributed by atoms with E-state index in [0.717, 1.165) is 22.0 Å². The van der Waals surface area contributed by atoms with Gasteiger partial charge in [-0.2, -0.15) is 0 Å². The molecular weight excluding hydrogens is 276 g/mol. The molecule has 0 aliphatic rings. The normalized spacial score (nSPS) is 10.4. The van der Waals surface area contributed by atoms with E-state index < -0.39 is 0 Å². The molecule has 0 radical (unpaired) electrons. The molecule has 0 spiro atoms. The van der Waals surface area contributed by atoms with Gasteiger partial charge in [0, 0.05) is 11.1 Å². The van der Waals surface area contributed by atoms with Crippen molar-refractivity contribution < 1.29 is 4.79 Å². The van der Waals surface area contributed by atoms with Gasteiger partial charge in [-0.05, 0) is 41.5 Å². The number of carbonyl (C=O) groups is 1. The molecule has 3 N–H and O–H groups in total. The highest BCUT2D eigenvalue weighted by atomic mass is 16.1. The molecule has 0 saturated heterocycles. The Morgan fingerprint density at radius 2 is 1.95 bits per heavy atom. The fraction of sp³-hybridized carbons (Fsp3) is 0. The number of benzene rings is 2. The summed E-state index contributed by atoms with van der Waals surface area (Å²) in [6.45, 7) is 3.44. The first kappa shape index (κ1) is 13.8. The number of nitrogen functional groups attached to an aromatic ring is 1. The molecule has 0 bridgehead atoms. The number of nitrogens with zero attached hydrogens (tertiary/aromatic N) is 2. The van der Waals surface area contributed by atoms with Gasteiger partial charge in [0.15, 0.2) is 0 Å². The Balaban J connectivity index is 2.02. The van der Waals surface area contributed by atoms with Crippen molar-refractivity contribution in [2.75, 3.05) is 11.1 Å². The van der Waals surface area contributed by atoms with Crippen molar-refractivity contribution in [3.05, 3.63) is 61.4 Å². The van der Waals surface area contributed by atoms with Crippen LogP contribution in [0.1, 0.15) is 0 Å². The number of hydrogen-bond acceptors (Lipinski definition) is 4. The van der Waals surface area contributed by atoms with Crippen molar-refractivity contribution in [2.45, 2.75) is 0 Å². The predicted octanol–water partition coefficient (Wildman–Crippen LogP) is 3.00. The maximum absolute atomic E-state index is 11.4. The number of anilines is 2. The molecule has 0 saturated carbocycles. The van der Waals surface area contributed by atoms with Crippen LogP contribution in [0.4, 0.5) is 11.5 Å². The average Bonchev–Trinajstić information content (AvgIpc) is 2.55. The van der Waals surface area contributed by atoms with Gasteiger partial charge in [0.05, 0.1) is 5.52 Å². The summed E-state index contributed by atoms with van der Waals surface area (Å²) >= 11 is 0. The van der Waals surface area contributed by atoms with E-state index in [0.29, 0.717) is 11.5 Å². The Hall–Kier alpha value is -3.21. The van der Waals surface area contributed by atoms with E-state index in [9.17, 15) is 4.79 Å². The zero-order chi connectivity index (χ0) is 15.5. The zero-order valence-corrected chi connectivity index (χ0v) is 11.8. The number of nitrogens with one attached hydrogen (secondary N) is 1. The second-order valence-electron chi connectivity index (χ2n) is 4.77. The van der Waals surface area contributed by atoms with E-state index in [4.69, 9.17) is 5.73 Å². The Bertz CT molecular complexity index is 873. The van der Waals surface area contributed by atoms with Crippen LogP contribution in [0.2, 0.25) is 0 Å². The van der Waals surface area contributed by atoms with Gasteiger partial charge in [-0.1, -0.05) is 24.8 Å². The van der Waals surface area contributed by atoms with Gasteiger partial charge >= 0.3 is 0 Å². The van der Waals surface area contributed by atoms with Crippen molar-refractivity contribution in [3.8, 4) is 11.1 Å². The lowest BCUT2D eigenvalue weighted by Crippen LogP contribution is -2.06. The smallest absolute Gasteiger partial charge is 0.247 e. The number of fused-ring (bicyclic) bond motifs is 1. The van der Waals surface area contributed by atoms with Crippen molar-refractivity contribution in [1.29, 1.82) is 0 Å². The number of amides is 1. The lowest BCUT2D eigenvalue weighted by atomic mass is 10.0. The summed E-state index contributed by atoms with van der Waals surface area (Å²) in [5.41, 5.74) is 9.29. The van der Waals surface area contributed by atoms with Crippen LogP contribution in [0, 0.1) is 0 Å². The summed E-state index contributed by atoms with van der Waals surface area (Å²) in [5.74, 6) is 0.222. The molecule has 22 heavy (non-hydrogen) atoms. The molecule has 0 atom stereocenters. The first-order chi connectivity index (χ1) is 10.7. The van der Waals surface area contributed by atoms with Gasteiger partial charge in [0.2, 0.25) is 5.91 Å². The van der Waals surface area contributed by atoms with Crippen molar-refractivity contribution in [3.63, 3.8) is 0 Å². The first-order valence-corrected chi connectivity index (χ1v) is 6.71. The Morgan fingerprint density at radius 3 is 2.77 bits per heavy atom. The van der Waals surface area contributed by atoms with Crippen LogP contribution in [0.3, 0.4) is 0 Å². The summed E-state index contributed by atoms with van der Waals surface area (Å²) in [5, 5.41) is 3.57. The molecule has 0 aliphatic heterocycles. The molecule has 5 nitrogen and oxygen atoms in total. The number of aromatic nitrogens is 2. The Labute approximate surface area is 127 Å². The molecule has 3 aromatic rings. The third-order valence-electron chi connectivity index (χ3n) is 3.32. The van der Waals surface area contributed by atoms with E-state index in [2.05, 4.69) is 21.9 Å². The second-order valence-corrected chi connectivity index (χ2v) is 4.77. The highest BCUT2D eigenvalue weighted by molar-refractivity contribution is 5.99. The van der Waals surface area contributed by atoms with Crippen LogP contribution in [-0.4, -0.2) is 15.9 Å². The van der Waals surface area contributed by atoms with E-state index >= 15 is 0 Å². The van der Waals surface area contributed by atoms with Gasteiger partial charge in [0.1, 0.15) is 12.1 Å². The SMILES string of the molecule is C=CC(=O)Nc1cccc(-c2ccc3c(N)ncnc3c2)c1. The minimum absolute atomic E-state index is 0.240. The third kappa shape index (κ3) is 2.64. The zero-order valence-electron chi connectivity index (χ0n) is 11.8. The van der Waals surface area contributed by atoms with Crippen molar-refractivity contribution >= 4 is 28.3 Å². The van der Waals surface area contributed by atoms with Crippen LogP contribution in [-0.2, 0) is 4.79 Å². The molecule has 3 rings (SSSR count). The Morgan fingerprint density at radius 1 is 1.14 bits per heavy atom. The number of nitrogens with two attached hydrogens (primary N) is 1. The van der Waals surface area contributed by atoms with E-state index in [-0.39, 0.29) is 5.91 Å². The van der Waals surface area contributed by atoms with E-state index in [1.807, 2.05) is 42.5 Å². The summed E-state index contributed by atoms with van der Waals surface area (Å²) in [6, 6.07) is 13.4.